The van der Waals surface area contributed by atoms with Gasteiger partial charge in [-0.25, -0.2) is 4.79 Å². The van der Waals surface area contributed by atoms with E-state index in [1.54, 1.807) is 0 Å². The topological polar surface area (TPSA) is 77.8 Å². The van der Waals surface area contributed by atoms with Crippen molar-refractivity contribution >= 4 is 5.97 Å². The van der Waals surface area contributed by atoms with Crippen LogP contribution in [0.25, 0.3) is 0 Å². The average molecular weight is 183 g/mol. The highest BCUT2D eigenvalue weighted by Crippen LogP contribution is 2.32. The number of carboxylic acid groups (broad SMARTS) is 1. The van der Waals surface area contributed by atoms with E-state index in [4.69, 9.17) is 5.11 Å². The van der Waals surface area contributed by atoms with Gasteiger partial charge in [-0.1, -0.05) is 0 Å². The summed E-state index contributed by atoms with van der Waals surface area (Å²) in [6, 6.07) is 1.32. The van der Waals surface area contributed by atoms with Crippen molar-refractivity contribution in [2.75, 3.05) is 0 Å². The molecule has 1 aromatic rings. The first-order valence-electron chi connectivity index (χ1n) is 3.70. The molecule has 1 aromatic carbocycles. The van der Waals surface area contributed by atoms with E-state index in [-0.39, 0.29) is 22.6 Å². The lowest BCUT2D eigenvalue weighted by molar-refractivity contribution is 0.0692. The zero-order valence-corrected chi connectivity index (χ0v) is 7.33. The van der Waals surface area contributed by atoms with Crippen LogP contribution in [0, 0.1) is 13.8 Å². The van der Waals surface area contributed by atoms with Gasteiger partial charge < -0.3 is 15.3 Å². The van der Waals surface area contributed by atoms with Gasteiger partial charge >= 0.3 is 5.97 Å². The molecule has 0 saturated carbocycles. The Balaban J connectivity index is 3.53. The van der Waals surface area contributed by atoms with Crippen molar-refractivity contribution in [3.63, 3.8) is 0 Å². The number of carboxylic acids is 1. The fourth-order valence-electron chi connectivity index (χ4n) is 1.15. The molecule has 0 radical (unpaired) electrons. The normalized spacial score (nSPS) is 10.0. The largest absolute Gasteiger partial charge is 0.508 e. The van der Waals surface area contributed by atoms with Crippen LogP contribution in [-0.4, -0.2) is 21.3 Å². The first-order chi connectivity index (χ1) is 5.95. The number of benzene rings is 1. The lowest BCUT2D eigenvalue weighted by atomic mass is 10.1. The molecule has 0 atom stereocenters. The van der Waals surface area contributed by atoms with Crippen LogP contribution in [-0.2, 0) is 0 Å². The molecule has 0 aliphatic heterocycles. The molecule has 0 bridgehead atoms. The van der Waals surface area contributed by atoms with Gasteiger partial charge in [-0.05, 0) is 25.5 Å². The Labute approximate surface area is 75.1 Å². The standard InChI is InChI=1S/C9H10O4/c1-4-3-6(10)5(2)8(11)7(4)9(12)13/h3,10-11H,1-2H3,(H,12,13)/i9+1. The summed E-state index contributed by atoms with van der Waals surface area (Å²) in [6.07, 6.45) is 0. The molecule has 70 valence electrons. The van der Waals surface area contributed by atoms with E-state index in [1.807, 2.05) is 0 Å². The Morgan fingerprint density at radius 1 is 1.31 bits per heavy atom. The fraction of sp³-hybridized carbons (Fsp3) is 0.222. The molecule has 0 aliphatic carbocycles. The van der Waals surface area contributed by atoms with Crippen molar-refractivity contribution in [3.05, 3.63) is 22.8 Å². The second-order valence-electron chi connectivity index (χ2n) is 2.87. The van der Waals surface area contributed by atoms with Gasteiger partial charge in [0, 0.05) is 5.56 Å². The number of hydrogen-bond acceptors (Lipinski definition) is 3. The van der Waals surface area contributed by atoms with Crippen LogP contribution in [0.3, 0.4) is 0 Å². The first kappa shape index (κ1) is 9.38. The molecule has 0 heterocycles. The fourth-order valence-corrected chi connectivity index (χ4v) is 1.15. The minimum atomic E-state index is -1.20. The van der Waals surface area contributed by atoms with Crippen LogP contribution in [0.1, 0.15) is 21.5 Å². The molecule has 1 rings (SSSR count). The summed E-state index contributed by atoms with van der Waals surface area (Å²) < 4.78 is 0. The summed E-state index contributed by atoms with van der Waals surface area (Å²) in [6.45, 7) is 2.97. The van der Waals surface area contributed by atoms with Crippen molar-refractivity contribution in [3.8, 4) is 11.5 Å². The highest BCUT2D eigenvalue weighted by molar-refractivity contribution is 5.93. The van der Waals surface area contributed by atoms with Crippen LogP contribution in [0.15, 0.2) is 6.07 Å². The minimum absolute atomic E-state index is 0.0972. The highest BCUT2D eigenvalue weighted by Gasteiger charge is 2.17. The van der Waals surface area contributed by atoms with Crippen molar-refractivity contribution in [1.29, 1.82) is 0 Å². The second-order valence-corrected chi connectivity index (χ2v) is 2.87. The quantitative estimate of drug-likeness (QED) is 0.575. The number of phenolic OH excluding ortho intramolecular Hbond substituents is 1. The molecule has 4 heteroatoms. The van der Waals surface area contributed by atoms with Gasteiger partial charge in [0.2, 0.25) is 0 Å². The maximum Gasteiger partial charge on any atom is 0.339 e. The Kier molecular flexibility index (Phi) is 2.14. The number of aromatic hydroxyl groups is 2. The van der Waals surface area contributed by atoms with Crippen LogP contribution < -0.4 is 0 Å². The number of rotatable bonds is 1. The highest BCUT2D eigenvalue weighted by atomic mass is 16.5. The number of aromatic carboxylic acids is 1. The zero-order chi connectivity index (χ0) is 10.2. The van der Waals surface area contributed by atoms with E-state index in [0.717, 1.165) is 0 Å². The minimum Gasteiger partial charge on any atom is -0.508 e. The van der Waals surface area contributed by atoms with E-state index >= 15 is 0 Å². The molecule has 0 fully saturated rings. The van der Waals surface area contributed by atoms with Gasteiger partial charge in [-0.15, -0.1) is 0 Å². The summed E-state index contributed by atoms with van der Waals surface area (Å²) in [4.78, 5) is 10.7. The molecular weight excluding hydrogens is 173 g/mol. The zero-order valence-electron chi connectivity index (χ0n) is 7.33. The third-order valence-corrected chi connectivity index (χ3v) is 1.94. The van der Waals surface area contributed by atoms with E-state index in [1.165, 1.54) is 19.9 Å². The predicted molar refractivity (Wildman–Crippen MR) is 46.2 cm³/mol. The summed E-state index contributed by atoms with van der Waals surface area (Å²) in [5.41, 5.74) is 0.367. The van der Waals surface area contributed by atoms with Gasteiger partial charge in [0.15, 0.2) is 0 Å². The molecule has 0 aliphatic rings. The summed E-state index contributed by atoms with van der Waals surface area (Å²) in [5, 5.41) is 27.3. The Bertz CT molecular complexity index is 368. The van der Waals surface area contributed by atoms with E-state index in [9.17, 15) is 15.0 Å². The van der Waals surface area contributed by atoms with Gasteiger partial charge in [0.25, 0.3) is 0 Å². The first-order valence-corrected chi connectivity index (χ1v) is 3.70. The molecule has 0 spiro atoms. The number of aryl methyl sites for hydroxylation is 1. The number of phenols is 2. The summed E-state index contributed by atoms with van der Waals surface area (Å²) in [7, 11) is 0. The average Bonchev–Trinajstić information content (AvgIpc) is 1.99. The van der Waals surface area contributed by atoms with Gasteiger partial charge in [0.1, 0.15) is 17.1 Å². The summed E-state index contributed by atoms with van der Waals surface area (Å²) >= 11 is 0. The van der Waals surface area contributed by atoms with Gasteiger partial charge in [-0.2, -0.15) is 0 Å². The lowest BCUT2D eigenvalue weighted by Gasteiger charge is -2.08. The van der Waals surface area contributed by atoms with Gasteiger partial charge in [-0.3, -0.25) is 0 Å². The van der Waals surface area contributed by atoms with Crippen molar-refractivity contribution in [2.24, 2.45) is 0 Å². The van der Waals surface area contributed by atoms with Crippen molar-refractivity contribution in [2.45, 2.75) is 13.8 Å². The van der Waals surface area contributed by atoms with E-state index in [2.05, 4.69) is 0 Å². The van der Waals surface area contributed by atoms with Gasteiger partial charge in [0.05, 0.1) is 0 Å². The van der Waals surface area contributed by atoms with Crippen molar-refractivity contribution in [1.82, 2.24) is 0 Å². The maximum atomic E-state index is 10.7. The van der Waals surface area contributed by atoms with E-state index in [0.29, 0.717) is 5.56 Å². The molecule has 0 saturated heterocycles. The molecule has 4 nitrogen and oxygen atoms in total. The predicted octanol–water partition coefficient (Wildman–Crippen LogP) is 1.41. The smallest absolute Gasteiger partial charge is 0.339 e. The Hall–Kier alpha value is -1.71. The third-order valence-electron chi connectivity index (χ3n) is 1.94. The second kappa shape index (κ2) is 2.97. The van der Waals surface area contributed by atoms with Crippen LogP contribution in [0.5, 0.6) is 11.5 Å². The summed E-state index contributed by atoms with van der Waals surface area (Å²) in [5.74, 6) is -1.66. The molecule has 0 aromatic heterocycles. The maximum absolute atomic E-state index is 10.7. The molecule has 3 N–H and O–H groups in total. The monoisotopic (exact) mass is 183 g/mol. The van der Waals surface area contributed by atoms with Crippen molar-refractivity contribution < 1.29 is 20.1 Å². The number of carbonyl (C=O) groups is 1. The molecule has 0 unspecified atom stereocenters. The lowest BCUT2D eigenvalue weighted by Crippen LogP contribution is -2.01. The third kappa shape index (κ3) is 1.42. The van der Waals surface area contributed by atoms with Crippen LogP contribution >= 0.6 is 0 Å². The van der Waals surface area contributed by atoms with Crippen LogP contribution in [0.4, 0.5) is 0 Å². The molecule has 0 amide bonds. The van der Waals surface area contributed by atoms with Crippen LogP contribution in [0.2, 0.25) is 0 Å². The molecule has 13 heavy (non-hydrogen) atoms. The SMILES string of the molecule is Cc1cc(O)c(C)c(O)c1[13C](=O)O. The Morgan fingerprint density at radius 2 is 1.85 bits per heavy atom. The number of hydrogen-bond donors (Lipinski definition) is 3. The Morgan fingerprint density at radius 3 is 2.31 bits per heavy atom. The van der Waals surface area contributed by atoms with E-state index < -0.39 is 5.97 Å². The molecular formula is C9H10O4.